The maximum absolute atomic E-state index is 5.91. The highest BCUT2D eigenvalue weighted by molar-refractivity contribution is 6.30. The normalized spacial score (nSPS) is 12.7. The number of nitrogens with zero attached hydrogens (tertiary/aromatic N) is 1. The zero-order valence-corrected chi connectivity index (χ0v) is 9.12. The first-order valence-electron chi connectivity index (χ1n) is 4.73. The molecular formula is C11H12ClN3. The van der Waals surface area contributed by atoms with E-state index in [1.165, 1.54) is 0 Å². The number of halogens is 1. The van der Waals surface area contributed by atoms with Crippen molar-refractivity contribution in [3.8, 4) is 11.3 Å². The van der Waals surface area contributed by atoms with Crippen LogP contribution < -0.4 is 5.73 Å². The average Bonchev–Trinajstić information content (AvgIpc) is 2.66. The van der Waals surface area contributed by atoms with Crippen LogP contribution in [0.1, 0.15) is 18.8 Å². The molecule has 1 aromatic heterocycles. The van der Waals surface area contributed by atoms with E-state index in [0.29, 0.717) is 5.02 Å². The van der Waals surface area contributed by atoms with E-state index in [2.05, 4.69) is 9.97 Å². The first-order valence-corrected chi connectivity index (χ1v) is 5.11. The molecule has 2 aromatic rings. The number of hydrogen-bond acceptors (Lipinski definition) is 2. The third-order valence-corrected chi connectivity index (χ3v) is 2.40. The van der Waals surface area contributed by atoms with Crippen molar-refractivity contribution in [2.75, 3.05) is 0 Å². The SMILES string of the molecule is CC(N)c1ncc(-c2cccc(Cl)c2)[nH]1. The molecule has 0 fully saturated rings. The molecule has 2 rings (SSSR count). The maximum atomic E-state index is 5.91. The molecule has 0 saturated heterocycles. The molecule has 1 atom stereocenters. The van der Waals surface area contributed by atoms with E-state index in [-0.39, 0.29) is 6.04 Å². The minimum Gasteiger partial charge on any atom is -0.341 e. The van der Waals surface area contributed by atoms with Crippen LogP contribution >= 0.6 is 11.6 Å². The number of imidazole rings is 1. The van der Waals surface area contributed by atoms with Crippen LogP contribution in [0.2, 0.25) is 5.02 Å². The Kier molecular flexibility index (Phi) is 2.75. The summed E-state index contributed by atoms with van der Waals surface area (Å²) >= 11 is 5.91. The zero-order chi connectivity index (χ0) is 10.8. The number of nitrogens with two attached hydrogens (primary N) is 1. The Morgan fingerprint density at radius 3 is 2.87 bits per heavy atom. The van der Waals surface area contributed by atoms with Gasteiger partial charge >= 0.3 is 0 Å². The Labute approximate surface area is 93.3 Å². The number of rotatable bonds is 2. The second-order valence-electron chi connectivity index (χ2n) is 3.48. The standard InChI is InChI=1S/C11H12ClN3/c1-7(13)11-14-6-10(15-11)8-3-2-4-9(12)5-8/h2-7H,13H2,1H3,(H,14,15). The van der Waals surface area contributed by atoms with Crippen LogP contribution in [-0.4, -0.2) is 9.97 Å². The molecule has 1 unspecified atom stereocenters. The van der Waals surface area contributed by atoms with Gasteiger partial charge in [0.1, 0.15) is 5.82 Å². The molecule has 0 saturated carbocycles. The van der Waals surface area contributed by atoms with Crippen molar-refractivity contribution in [3.63, 3.8) is 0 Å². The fourth-order valence-corrected chi connectivity index (χ4v) is 1.56. The van der Waals surface area contributed by atoms with Crippen molar-refractivity contribution < 1.29 is 0 Å². The van der Waals surface area contributed by atoms with E-state index in [1.807, 2.05) is 31.2 Å². The third-order valence-electron chi connectivity index (χ3n) is 2.16. The van der Waals surface area contributed by atoms with Gasteiger partial charge in [0.25, 0.3) is 0 Å². The zero-order valence-electron chi connectivity index (χ0n) is 8.37. The van der Waals surface area contributed by atoms with Gasteiger partial charge in [-0.1, -0.05) is 23.7 Å². The van der Waals surface area contributed by atoms with Crippen molar-refractivity contribution in [2.24, 2.45) is 5.73 Å². The van der Waals surface area contributed by atoms with Crippen LogP contribution in [0.25, 0.3) is 11.3 Å². The summed E-state index contributed by atoms with van der Waals surface area (Å²) in [5.41, 5.74) is 7.67. The number of hydrogen-bond donors (Lipinski definition) is 2. The predicted octanol–water partition coefficient (Wildman–Crippen LogP) is 2.75. The third kappa shape index (κ3) is 2.19. The summed E-state index contributed by atoms with van der Waals surface area (Å²) in [6.45, 7) is 1.89. The van der Waals surface area contributed by atoms with Gasteiger partial charge in [0.15, 0.2) is 0 Å². The summed E-state index contributed by atoms with van der Waals surface area (Å²) in [5, 5.41) is 0.712. The van der Waals surface area contributed by atoms with E-state index >= 15 is 0 Å². The molecule has 0 amide bonds. The lowest BCUT2D eigenvalue weighted by Gasteiger charge is -2.00. The molecule has 0 radical (unpaired) electrons. The first kappa shape index (κ1) is 10.2. The number of aromatic nitrogens is 2. The number of aromatic amines is 1. The smallest absolute Gasteiger partial charge is 0.123 e. The van der Waals surface area contributed by atoms with Crippen molar-refractivity contribution >= 4 is 11.6 Å². The number of H-pyrrole nitrogens is 1. The molecule has 1 aromatic carbocycles. The van der Waals surface area contributed by atoms with Crippen LogP contribution in [0, 0.1) is 0 Å². The Morgan fingerprint density at radius 2 is 2.27 bits per heavy atom. The Balaban J connectivity index is 2.37. The summed E-state index contributed by atoms with van der Waals surface area (Å²) in [4.78, 5) is 7.36. The Hall–Kier alpha value is -1.32. The van der Waals surface area contributed by atoms with Crippen LogP contribution in [-0.2, 0) is 0 Å². The van der Waals surface area contributed by atoms with Gasteiger partial charge in [0.2, 0.25) is 0 Å². The summed E-state index contributed by atoms with van der Waals surface area (Å²) in [6, 6.07) is 7.53. The monoisotopic (exact) mass is 221 g/mol. The lowest BCUT2D eigenvalue weighted by molar-refractivity contribution is 0.756. The van der Waals surface area contributed by atoms with E-state index in [0.717, 1.165) is 17.1 Å². The highest BCUT2D eigenvalue weighted by atomic mass is 35.5. The fourth-order valence-electron chi connectivity index (χ4n) is 1.37. The largest absolute Gasteiger partial charge is 0.341 e. The minimum atomic E-state index is -0.0852. The summed E-state index contributed by atoms with van der Waals surface area (Å²) in [5.74, 6) is 0.782. The van der Waals surface area contributed by atoms with Gasteiger partial charge < -0.3 is 10.7 Å². The molecule has 0 aliphatic carbocycles. The maximum Gasteiger partial charge on any atom is 0.123 e. The molecule has 3 nitrogen and oxygen atoms in total. The van der Waals surface area contributed by atoms with Gasteiger partial charge in [-0.15, -0.1) is 0 Å². The highest BCUT2D eigenvalue weighted by Gasteiger charge is 2.06. The van der Waals surface area contributed by atoms with Gasteiger partial charge in [0.05, 0.1) is 17.9 Å². The molecule has 0 aliphatic rings. The topological polar surface area (TPSA) is 54.7 Å². The average molecular weight is 222 g/mol. The van der Waals surface area contributed by atoms with Crippen LogP contribution in [0.3, 0.4) is 0 Å². The minimum absolute atomic E-state index is 0.0852. The molecule has 0 aliphatic heterocycles. The fraction of sp³-hybridized carbons (Fsp3) is 0.182. The van der Waals surface area contributed by atoms with E-state index in [4.69, 9.17) is 17.3 Å². The number of benzene rings is 1. The van der Waals surface area contributed by atoms with Gasteiger partial charge in [-0.3, -0.25) is 0 Å². The van der Waals surface area contributed by atoms with Gasteiger partial charge in [-0.25, -0.2) is 4.98 Å². The van der Waals surface area contributed by atoms with Gasteiger partial charge in [-0.05, 0) is 19.1 Å². The van der Waals surface area contributed by atoms with Crippen molar-refractivity contribution in [2.45, 2.75) is 13.0 Å². The van der Waals surface area contributed by atoms with Gasteiger partial charge in [0, 0.05) is 10.6 Å². The second kappa shape index (κ2) is 4.04. The molecule has 15 heavy (non-hydrogen) atoms. The second-order valence-corrected chi connectivity index (χ2v) is 3.92. The summed E-state index contributed by atoms with van der Waals surface area (Å²) in [7, 11) is 0. The number of nitrogens with one attached hydrogen (secondary N) is 1. The molecule has 3 N–H and O–H groups in total. The van der Waals surface area contributed by atoms with Crippen LogP contribution in [0.15, 0.2) is 30.5 Å². The highest BCUT2D eigenvalue weighted by Crippen LogP contribution is 2.21. The molecule has 78 valence electrons. The molecule has 4 heteroatoms. The Bertz CT molecular complexity index is 462. The molecule has 0 spiro atoms. The lowest BCUT2D eigenvalue weighted by atomic mass is 10.2. The van der Waals surface area contributed by atoms with Crippen LogP contribution in [0.5, 0.6) is 0 Å². The van der Waals surface area contributed by atoms with Gasteiger partial charge in [-0.2, -0.15) is 0 Å². The molecule has 0 bridgehead atoms. The van der Waals surface area contributed by atoms with E-state index in [9.17, 15) is 0 Å². The predicted molar refractivity (Wildman–Crippen MR) is 61.6 cm³/mol. The van der Waals surface area contributed by atoms with E-state index < -0.39 is 0 Å². The van der Waals surface area contributed by atoms with Crippen LogP contribution in [0.4, 0.5) is 0 Å². The first-order chi connectivity index (χ1) is 7.16. The molecule has 1 heterocycles. The lowest BCUT2D eigenvalue weighted by Crippen LogP contribution is -2.06. The van der Waals surface area contributed by atoms with E-state index in [1.54, 1.807) is 6.20 Å². The quantitative estimate of drug-likeness (QED) is 0.820. The summed E-state index contributed by atoms with van der Waals surface area (Å²) < 4.78 is 0. The van der Waals surface area contributed by atoms with Crippen molar-refractivity contribution in [3.05, 3.63) is 41.3 Å². The molecular weight excluding hydrogens is 210 g/mol. The summed E-state index contributed by atoms with van der Waals surface area (Å²) in [6.07, 6.45) is 1.77. The van der Waals surface area contributed by atoms with Crippen molar-refractivity contribution in [1.29, 1.82) is 0 Å². The Morgan fingerprint density at radius 1 is 1.47 bits per heavy atom. The van der Waals surface area contributed by atoms with Crippen molar-refractivity contribution in [1.82, 2.24) is 9.97 Å².